The standard InChI is InChI=1S/C16H24Cl3N3O3/c17-13(15(18)19)14(20-1-7-23-8-2-20)16(21-3-9-24-10-4-21)22-5-11-25-12-6-22/h1-12H2. The van der Waals surface area contributed by atoms with Crippen LogP contribution in [0.2, 0.25) is 0 Å². The van der Waals surface area contributed by atoms with E-state index >= 15 is 0 Å². The lowest BCUT2D eigenvalue weighted by atomic mass is 10.2. The Morgan fingerprint density at radius 1 is 0.560 bits per heavy atom. The van der Waals surface area contributed by atoms with Gasteiger partial charge in [-0.05, 0) is 0 Å². The predicted octanol–water partition coefficient (Wildman–Crippen LogP) is 2.04. The zero-order valence-electron chi connectivity index (χ0n) is 14.2. The van der Waals surface area contributed by atoms with E-state index < -0.39 is 0 Å². The van der Waals surface area contributed by atoms with E-state index in [0.717, 1.165) is 50.8 Å². The summed E-state index contributed by atoms with van der Waals surface area (Å²) in [5, 5.41) is 0.387. The molecule has 0 atom stereocenters. The van der Waals surface area contributed by atoms with Crippen LogP contribution < -0.4 is 0 Å². The fraction of sp³-hybridized carbons (Fsp3) is 0.750. The van der Waals surface area contributed by atoms with E-state index in [1.807, 2.05) is 0 Å². The van der Waals surface area contributed by atoms with Gasteiger partial charge in [-0.1, -0.05) is 34.8 Å². The summed E-state index contributed by atoms with van der Waals surface area (Å²) < 4.78 is 16.7. The molecule has 0 radical (unpaired) electrons. The molecule has 3 fully saturated rings. The van der Waals surface area contributed by atoms with Crippen LogP contribution in [0, 0.1) is 0 Å². The van der Waals surface area contributed by atoms with Crippen molar-refractivity contribution in [2.75, 3.05) is 78.9 Å². The second-order valence-electron chi connectivity index (χ2n) is 6.04. The zero-order valence-corrected chi connectivity index (χ0v) is 16.5. The molecule has 3 aliphatic rings. The van der Waals surface area contributed by atoms with Crippen molar-refractivity contribution in [1.82, 2.24) is 14.7 Å². The highest BCUT2D eigenvalue weighted by Crippen LogP contribution is 2.33. The normalized spacial score (nSPS) is 22.0. The minimum Gasteiger partial charge on any atom is -0.378 e. The van der Waals surface area contributed by atoms with Gasteiger partial charge >= 0.3 is 0 Å². The third-order valence-electron chi connectivity index (χ3n) is 4.53. The fourth-order valence-corrected chi connectivity index (χ4v) is 3.69. The van der Waals surface area contributed by atoms with Gasteiger partial charge in [-0.2, -0.15) is 0 Å². The Hall–Kier alpha value is -0.370. The van der Waals surface area contributed by atoms with Crippen LogP contribution >= 0.6 is 34.8 Å². The molecule has 3 heterocycles. The molecule has 6 nitrogen and oxygen atoms in total. The van der Waals surface area contributed by atoms with Crippen molar-refractivity contribution < 1.29 is 14.2 Å². The Morgan fingerprint density at radius 3 is 1.28 bits per heavy atom. The summed E-state index contributed by atoms with van der Waals surface area (Å²) >= 11 is 18.8. The van der Waals surface area contributed by atoms with Crippen LogP contribution in [0.3, 0.4) is 0 Å². The Balaban J connectivity index is 2.04. The lowest BCUT2D eigenvalue weighted by Gasteiger charge is -2.43. The molecule has 142 valence electrons. The maximum Gasteiger partial charge on any atom is 0.130 e. The Kier molecular flexibility index (Phi) is 7.39. The van der Waals surface area contributed by atoms with Crippen molar-refractivity contribution in [2.24, 2.45) is 0 Å². The molecule has 25 heavy (non-hydrogen) atoms. The number of hydrogen-bond acceptors (Lipinski definition) is 6. The van der Waals surface area contributed by atoms with E-state index in [9.17, 15) is 0 Å². The Bertz CT molecular complexity index is 488. The number of morpholine rings is 3. The van der Waals surface area contributed by atoms with Gasteiger partial charge in [0, 0.05) is 39.3 Å². The fourth-order valence-electron chi connectivity index (χ4n) is 3.30. The smallest absolute Gasteiger partial charge is 0.130 e. The van der Waals surface area contributed by atoms with E-state index in [1.165, 1.54) is 0 Å². The summed E-state index contributed by atoms with van der Waals surface area (Å²) in [7, 11) is 0. The molecule has 3 saturated heterocycles. The quantitative estimate of drug-likeness (QED) is 0.658. The maximum absolute atomic E-state index is 6.61. The molecule has 3 aliphatic heterocycles. The number of nitrogens with zero attached hydrogens (tertiary/aromatic N) is 3. The van der Waals surface area contributed by atoms with Crippen molar-refractivity contribution in [1.29, 1.82) is 0 Å². The summed E-state index contributed by atoms with van der Waals surface area (Å²) in [6, 6.07) is 0. The molecule has 0 spiro atoms. The van der Waals surface area contributed by atoms with E-state index in [1.54, 1.807) is 0 Å². The van der Waals surface area contributed by atoms with Gasteiger partial charge in [0.15, 0.2) is 0 Å². The Labute approximate surface area is 163 Å². The number of rotatable bonds is 4. The lowest BCUT2D eigenvalue weighted by molar-refractivity contribution is 0.00211. The molecular weight excluding hydrogens is 389 g/mol. The van der Waals surface area contributed by atoms with Crippen LogP contribution in [0.25, 0.3) is 0 Å². The van der Waals surface area contributed by atoms with E-state index in [-0.39, 0.29) is 4.49 Å². The van der Waals surface area contributed by atoms with Crippen LogP contribution in [0.1, 0.15) is 0 Å². The SMILES string of the molecule is ClC(Cl)=C(Cl)C(=C(N1CCOCC1)N1CCOCC1)N1CCOCC1. The first-order valence-electron chi connectivity index (χ1n) is 8.62. The Morgan fingerprint density at radius 2 is 0.920 bits per heavy atom. The third-order valence-corrected chi connectivity index (χ3v) is 5.47. The largest absolute Gasteiger partial charge is 0.378 e. The molecular formula is C16H24Cl3N3O3. The van der Waals surface area contributed by atoms with Crippen molar-refractivity contribution in [2.45, 2.75) is 0 Å². The van der Waals surface area contributed by atoms with Gasteiger partial charge in [0.05, 0.1) is 50.4 Å². The second-order valence-corrected chi connectivity index (χ2v) is 7.37. The number of halogens is 3. The molecule has 0 aromatic carbocycles. The summed E-state index contributed by atoms with van der Waals surface area (Å²) in [6.07, 6.45) is 0. The average molecular weight is 413 g/mol. The molecule has 9 heteroatoms. The second kappa shape index (κ2) is 9.53. The van der Waals surface area contributed by atoms with E-state index in [0.29, 0.717) is 44.7 Å². The van der Waals surface area contributed by atoms with Crippen molar-refractivity contribution >= 4 is 34.8 Å². The first kappa shape index (κ1) is 19.4. The highest BCUT2D eigenvalue weighted by Gasteiger charge is 2.30. The molecule has 0 aromatic rings. The minimum absolute atomic E-state index is 0.0853. The molecule has 0 N–H and O–H groups in total. The first-order chi connectivity index (χ1) is 12.2. The van der Waals surface area contributed by atoms with Gasteiger partial charge in [-0.15, -0.1) is 0 Å². The molecule has 0 aromatic heterocycles. The molecule has 0 amide bonds. The number of ether oxygens (including phenoxy) is 3. The van der Waals surface area contributed by atoms with Gasteiger partial charge < -0.3 is 28.9 Å². The minimum atomic E-state index is 0.0853. The van der Waals surface area contributed by atoms with Crippen LogP contribution in [0.4, 0.5) is 0 Å². The predicted molar refractivity (Wildman–Crippen MR) is 98.8 cm³/mol. The summed E-state index contributed by atoms with van der Waals surface area (Å²) in [5.74, 6) is 1.07. The van der Waals surface area contributed by atoms with Crippen LogP contribution in [0.15, 0.2) is 21.0 Å². The maximum atomic E-state index is 6.61. The summed E-state index contributed by atoms with van der Waals surface area (Å²) in [6.45, 7) is 8.85. The zero-order chi connectivity index (χ0) is 17.6. The lowest BCUT2D eigenvalue weighted by Crippen LogP contribution is -2.49. The van der Waals surface area contributed by atoms with Gasteiger partial charge in [-0.25, -0.2) is 0 Å². The van der Waals surface area contributed by atoms with Crippen LogP contribution in [-0.4, -0.2) is 93.6 Å². The van der Waals surface area contributed by atoms with Crippen LogP contribution in [-0.2, 0) is 14.2 Å². The summed E-state index contributed by atoms with van der Waals surface area (Å²) in [5.41, 5.74) is 0.883. The third kappa shape index (κ3) is 4.87. The molecule has 0 saturated carbocycles. The molecule has 0 unspecified atom stereocenters. The van der Waals surface area contributed by atoms with Gasteiger partial charge in [0.1, 0.15) is 10.3 Å². The highest BCUT2D eigenvalue weighted by atomic mass is 35.5. The highest BCUT2D eigenvalue weighted by molar-refractivity contribution is 6.59. The average Bonchev–Trinajstić information content (AvgIpc) is 2.67. The van der Waals surface area contributed by atoms with Gasteiger partial charge in [-0.3, -0.25) is 0 Å². The van der Waals surface area contributed by atoms with Crippen molar-refractivity contribution in [3.05, 3.63) is 21.0 Å². The van der Waals surface area contributed by atoms with E-state index in [4.69, 9.17) is 49.0 Å². The first-order valence-corrected chi connectivity index (χ1v) is 9.75. The van der Waals surface area contributed by atoms with Gasteiger partial charge in [0.25, 0.3) is 0 Å². The van der Waals surface area contributed by atoms with E-state index in [2.05, 4.69) is 14.7 Å². The van der Waals surface area contributed by atoms with Crippen LogP contribution in [0.5, 0.6) is 0 Å². The molecule has 0 bridgehead atoms. The van der Waals surface area contributed by atoms with Crippen molar-refractivity contribution in [3.8, 4) is 0 Å². The monoisotopic (exact) mass is 411 g/mol. The molecule has 0 aliphatic carbocycles. The topological polar surface area (TPSA) is 37.4 Å². The number of hydrogen-bond donors (Lipinski definition) is 0. The summed E-state index contributed by atoms with van der Waals surface area (Å²) in [4.78, 5) is 6.86. The van der Waals surface area contributed by atoms with Crippen molar-refractivity contribution in [3.63, 3.8) is 0 Å². The van der Waals surface area contributed by atoms with Gasteiger partial charge in [0.2, 0.25) is 0 Å². The molecule has 3 rings (SSSR count). The number of allylic oxidation sites excluding steroid dienone is 1.